The number of alkyl halides is 2. The largest absolute Gasteiger partial charge is 0.384 e. The van der Waals surface area contributed by atoms with Crippen LogP contribution in [0.2, 0.25) is 0 Å². The van der Waals surface area contributed by atoms with Crippen LogP contribution in [-0.4, -0.2) is 84.8 Å². The summed E-state index contributed by atoms with van der Waals surface area (Å²) < 4.78 is 44.3. The number of pyridine rings is 1. The van der Waals surface area contributed by atoms with Gasteiger partial charge in [-0.15, -0.1) is 0 Å². The lowest BCUT2D eigenvalue weighted by Gasteiger charge is -2.40. The average molecular weight is 466 g/mol. The number of morpholine rings is 2. The second-order valence-corrected chi connectivity index (χ2v) is 8.28. The molecule has 0 unspecified atom stereocenters. The maximum absolute atomic E-state index is 13.9. The predicted octanol–water partition coefficient (Wildman–Crippen LogP) is 1.92. The van der Waals surface area contributed by atoms with Gasteiger partial charge in [0, 0.05) is 31.0 Å². The SMILES string of the molecule is COC[C@@H]1COCCN1c1nc(-c2cnc(N)cc2C(F)F)nc(N2[C@H](C)COC[C@@H]2C)n1. The smallest absolute Gasteiger partial charge is 0.264 e. The molecule has 0 radical (unpaired) electrons. The lowest BCUT2D eigenvalue weighted by Crippen LogP contribution is -2.51. The molecule has 12 heteroatoms. The number of methoxy groups -OCH3 is 1. The molecule has 0 bridgehead atoms. The zero-order valence-corrected chi connectivity index (χ0v) is 18.9. The van der Waals surface area contributed by atoms with Gasteiger partial charge in [0.1, 0.15) is 5.82 Å². The summed E-state index contributed by atoms with van der Waals surface area (Å²) >= 11 is 0. The van der Waals surface area contributed by atoms with Crippen LogP contribution in [0, 0.1) is 0 Å². The first-order valence-electron chi connectivity index (χ1n) is 10.9. The number of nitrogen functional groups attached to an aromatic ring is 1. The average Bonchev–Trinajstić information content (AvgIpc) is 2.79. The molecule has 4 rings (SSSR count). The highest BCUT2D eigenvalue weighted by Gasteiger charge is 2.32. The standard InChI is InChI=1S/C21H29F2N7O3/c1-12-8-33-9-13(2)30(12)21-27-19(16-7-25-17(24)6-15(16)18(22)23)26-20(28-21)29-4-5-32-11-14(29)10-31-3/h6-7,12-14,18H,4-5,8-11H2,1-3H3,(H2,24,25)/t12-,13+,14-/m1/s1. The molecule has 0 aliphatic carbocycles. The molecule has 0 amide bonds. The van der Waals surface area contributed by atoms with Crippen molar-refractivity contribution in [1.82, 2.24) is 19.9 Å². The number of hydrogen-bond donors (Lipinski definition) is 1. The number of halogens is 2. The van der Waals surface area contributed by atoms with Crippen molar-refractivity contribution in [2.45, 2.75) is 38.4 Å². The third-order valence-corrected chi connectivity index (χ3v) is 5.79. The molecule has 0 aromatic carbocycles. The molecule has 2 fully saturated rings. The second kappa shape index (κ2) is 10.1. The highest BCUT2D eigenvalue weighted by Crippen LogP contribution is 2.33. The first kappa shape index (κ1) is 23.5. The van der Waals surface area contributed by atoms with Crippen LogP contribution in [0.15, 0.2) is 12.3 Å². The van der Waals surface area contributed by atoms with Crippen LogP contribution in [-0.2, 0) is 14.2 Å². The fourth-order valence-corrected chi connectivity index (χ4v) is 4.22. The van der Waals surface area contributed by atoms with Crippen molar-refractivity contribution in [3.8, 4) is 11.4 Å². The van der Waals surface area contributed by atoms with Gasteiger partial charge in [-0.25, -0.2) is 13.8 Å². The Morgan fingerprint density at radius 2 is 1.85 bits per heavy atom. The van der Waals surface area contributed by atoms with Crippen molar-refractivity contribution in [2.75, 3.05) is 62.2 Å². The van der Waals surface area contributed by atoms with Crippen molar-refractivity contribution in [3.05, 3.63) is 17.8 Å². The first-order valence-corrected chi connectivity index (χ1v) is 10.9. The molecule has 0 spiro atoms. The van der Waals surface area contributed by atoms with E-state index in [0.717, 1.165) is 6.07 Å². The van der Waals surface area contributed by atoms with E-state index in [1.54, 1.807) is 7.11 Å². The van der Waals surface area contributed by atoms with E-state index in [2.05, 4.69) is 15.0 Å². The van der Waals surface area contributed by atoms with E-state index in [1.165, 1.54) is 6.20 Å². The van der Waals surface area contributed by atoms with Gasteiger partial charge < -0.3 is 29.7 Å². The highest BCUT2D eigenvalue weighted by atomic mass is 19.3. The molecule has 2 aromatic rings. The fourth-order valence-electron chi connectivity index (χ4n) is 4.22. The Morgan fingerprint density at radius 3 is 2.55 bits per heavy atom. The number of nitrogens with zero attached hydrogens (tertiary/aromatic N) is 6. The van der Waals surface area contributed by atoms with Gasteiger partial charge in [-0.3, -0.25) is 0 Å². The molecule has 2 aliphatic rings. The number of anilines is 3. The van der Waals surface area contributed by atoms with Gasteiger partial charge in [0.25, 0.3) is 6.43 Å². The Balaban J connectivity index is 1.86. The zero-order chi connectivity index (χ0) is 23.5. The third-order valence-electron chi connectivity index (χ3n) is 5.79. The van der Waals surface area contributed by atoms with E-state index >= 15 is 0 Å². The molecule has 3 atom stereocenters. The molecule has 0 saturated carbocycles. The predicted molar refractivity (Wildman–Crippen MR) is 118 cm³/mol. The maximum atomic E-state index is 13.9. The Hall–Kier alpha value is -2.70. The fraction of sp³-hybridized carbons (Fsp3) is 0.619. The van der Waals surface area contributed by atoms with Gasteiger partial charge in [-0.05, 0) is 19.9 Å². The van der Waals surface area contributed by atoms with Crippen LogP contribution >= 0.6 is 0 Å². The van der Waals surface area contributed by atoms with Crippen LogP contribution in [0.4, 0.5) is 26.5 Å². The number of hydrogen-bond acceptors (Lipinski definition) is 10. The zero-order valence-electron chi connectivity index (χ0n) is 18.9. The van der Waals surface area contributed by atoms with Crippen LogP contribution in [0.5, 0.6) is 0 Å². The van der Waals surface area contributed by atoms with Gasteiger partial charge in [-0.2, -0.15) is 15.0 Å². The van der Waals surface area contributed by atoms with Crippen molar-refractivity contribution in [1.29, 1.82) is 0 Å². The van der Waals surface area contributed by atoms with E-state index in [1.807, 2.05) is 23.6 Å². The van der Waals surface area contributed by atoms with E-state index in [4.69, 9.17) is 24.9 Å². The van der Waals surface area contributed by atoms with Crippen molar-refractivity contribution < 1.29 is 23.0 Å². The van der Waals surface area contributed by atoms with Crippen molar-refractivity contribution >= 4 is 17.7 Å². The maximum Gasteiger partial charge on any atom is 0.264 e. The Bertz CT molecular complexity index is 955. The highest BCUT2D eigenvalue weighted by molar-refractivity contribution is 5.64. The van der Waals surface area contributed by atoms with Crippen molar-refractivity contribution in [2.24, 2.45) is 0 Å². The first-order chi connectivity index (χ1) is 15.9. The van der Waals surface area contributed by atoms with Gasteiger partial charge in [0.15, 0.2) is 5.82 Å². The Morgan fingerprint density at radius 1 is 1.12 bits per heavy atom. The molecule has 2 N–H and O–H groups in total. The second-order valence-electron chi connectivity index (χ2n) is 8.28. The van der Waals surface area contributed by atoms with Gasteiger partial charge in [0.2, 0.25) is 11.9 Å². The van der Waals surface area contributed by atoms with Crippen LogP contribution < -0.4 is 15.5 Å². The van der Waals surface area contributed by atoms with E-state index in [-0.39, 0.29) is 40.9 Å². The van der Waals surface area contributed by atoms with E-state index < -0.39 is 6.43 Å². The molecular weight excluding hydrogens is 436 g/mol. The minimum atomic E-state index is -2.76. The van der Waals surface area contributed by atoms with Gasteiger partial charge in [-0.1, -0.05) is 0 Å². The van der Waals surface area contributed by atoms with Crippen molar-refractivity contribution in [3.63, 3.8) is 0 Å². The minimum absolute atomic E-state index is 0.00424. The topological polar surface area (TPSA) is 112 Å². The summed E-state index contributed by atoms with van der Waals surface area (Å²) in [6.45, 7) is 6.92. The molecule has 2 aliphatic heterocycles. The summed E-state index contributed by atoms with van der Waals surface area (Å²) in [4.78, 5) is 22.0. The third kappa shape index (κ3) is 4.97. The summed E-state index contributed by atoms with van der Waals surface area (Å²) in [5.74, 6) is 0.903. The monoisotopic (exact) mass is 465 g/mol. The number of nitrogens with two attached hydrogens (primary N) is 1. The normalized spacial score (nSPS) is 23.9. The summed E-state index contributed by atoms with van der Waals surface area (Å²) in [5.41, 5.74) is 5.51. The van der Waals surface area contributed by atoms with Crippen LogP contribution in [0.25, 0.3) is 11.4 Å². The number of aromatic nitrogens is 4. The summed E-state index contributed by atoms with van der Waals surface area (Å²) in [5, 5.41) is 0. The molecule has 10 nitrogen and oxygen atoms in total. The minimum Gasteiger partial charge on any atom is -0.384 e. The van der Waals surface area contributed by atoms with E-state index in [9.17, 15) is 8.78 Å². The quantitative estimate of drug-likeness (QED) is 0.679. The molecule has 2 saturated heterocycles. The summed E-state index contributed by atoms with van der Waals surface area (Å²) in [7, 11) is 1.61. The van der Waals surface area contributed by atoms with Crippen LogP contribution in [0.3, 0.4) is 0 Å². The van der Waals surface area contributed by atoms with E-state index in [0.29, 0.717) is 51.5 Å². The lowest BCUT2D eigenvalue weighted by molar-refractivity contribution is 0.0592. The van der Waals surface area contributed by atoms with Crippen LogP contribution in [0.1, 0.15) is 25.8 Å². The summed E-state index contributed by atoms with van der Waals surface area (Å²) in [6.07, 6.45) is -1.47. The Labute approximate surface area is 191 Å². The molecule has 4 heterocycles. The number of ether oxygens (including phenoxy) is 3. The van der Waals surface area contributed by atoms with Gasteiger partial charge in [0.05, 0.1) is 51.2 Å². The molecular formula is C21H29F2N7O3. The number of rotatable bonds is 6. The molecule has 2 aromatic heterocycles. The molecule has 180 valence electrons. The summed E-state index contributed by atoms with van der Waals surface area (Å²) in [6, 6.07) is 1.03. The lowest BCUT2D eigenvalue weighted by atomic mass is 10.1. The van der Waals surface area contributed by atoms with Gasteiger partial charge >= 0.3 is 0 Å². The Kier molecular flexibility index (Phi) is 7.15. The molecule has 33 heavy (non-hydrogen) atoms.